The first-order valence-corrected chi connectivity index (χ1v) is 6.48. The third-order valence-corrected chi connectivity index (χ3v) is 3.55. The van der Waals surface area contributed by atoms with Gasteiger partial charge in [0.15, 0.2) is 0 Å². The Kier molecular flexibility index (Phi) is 4.77. The Labute approximate surface area is 100 Å². The molecule has 0 heterocycles. The second-order valence-electron chi connectivity index (χ2n) is 5.97. The molecule has 2 unspecified atom stereocenters. The highest BCUT2D eigenvalue weighted by Crippen LogP contribution is 2.29. The molecule has 0 bridgehead atoms. The van der Waals surface area contributed by atoms with Gasteiger partial charge in [-0.25, -0.2) is 0 Å². The summed E-state index contributed by atoms with van der Waals surface area (Å²) in [7, 11) is 2.20. The number of aliphatic hydroxyl groups excluding tert-OH is 1. The second-order valence-corrected chi connectivity index (χ2v) is 5.97. The molecule has 3 heteroatoms. The van der Waals surface area contributed by atoms with Crippen molar-refractivity contribution in [3.05, 3.63) is 0 Å². The molecule has 1 aliphatic rings. The van der Waals surface area contributed by atoms with Gasteiger partial charge in [0, 0.05) is 23.7 Å². The fourth-order valence-electron chi connectivity index (χ4n) is 2.50. The predicted molar refractivity (Wildman–Crippen MR) is 68.6 cm³/mol. The molecule has 0 aliphatic heterocycles. The number of hydrogen-bond donors (Lipinski definition) is 2. The monoisotopic (exact) mass is 228 g/mol. The van der Waals surface area contributed by atoms with Crippen LogP contribution < -0.4 is 5.32 Å². The van der Waals surface area contributed by atoms with Crippen LogP contribution >= 0.6 is 0 Å². The lowest BCUT2D eigenvalue weighted by Gasteiger charge is -2.36. The molecule has 0 aromatic rings. The van der Waals surface area contributed by atoms with E-state index in [2.05, 4.69) is 45.0 Å². The first kappa shape index (κ1) is 13.9. The summed E-state index contributed by atoms with van der Waals surface area (Å²) in [4.78, 5) is 2.45. The van der Waals surface area contributed by atoms with E-state index in [0.29, 0.717) is 12.1 Å². The highest BCUT2D eigenvalue weighted by molar-refractivity contribution is 4.91. The fraction of sp³-hybridized carbons (Fsp3) is 1.00. The Balaban J connectivity index is 2.46. The molecule has 3 nitrogen and oxygen atoms in total. The van der Waals surface area contributed by atoms with Gasteiger partial charge in [0.2, 0.25) is 0 Å². The van der Waals surface area contributed by atoms with Gasteiger partial charge in [-0.3, -0.25) is 0 Å². The summed E-state index contributed by atoms with van der Waals surface area (Å²) in [5.74, 6) is 0. The zero-order chi connectivity index (χ0) is 12.3. The lowest BCUT2D eigenvalue weighted by atomic mass is 9.93. The maximum absolute atomic E-state index is 9.54. The van der Waals surface area contributed by atoms with E-state index >= 15 is 0 Å². The van der Waals surface area contributed by atoms with Crippen LogP contribution in [0, 0.1) is 0 Å². The molecule has 0 saturated heterocycles. The van der Waals surface area contributed by atoms with Crippen molar-refractivity contribution < 1.29 is 5.11 Å². The van der Waals surface area contributed by atoms with Gasteiger partial charge < -0.3 is 15.3 Å². The first-order chi connectivity index (χ1) is 7.38. The largest absolute Gasteiger partial charge is 0.394 e. The van der Waals surface area contributed by atoms with E-state index in [1.54, 1.807) is 0 Å². The molecule has 1 rings (SSSR count). The molecule has 0 aromatic carbocycles. The maximum Gasteiger partial charge on any atom is 0.0611 e. The predicted octanol–water partition coefficient (Wildman–Crippen LogP) is 1.61. The second kappa shape index (κ2) is 5.48. The summed E-state index contributed by atoms with van der Waals surface area (Å²) in [6, 6.07) is 1.73. The summed E-state index contributed by atoms with van der Waals surface area (Å²) < 4.78 is 0. The van der Waals surface area contributed by atoms with Crippen LogP contribution in [-0.2, 0) is 0 Å². The van der Waals surface area contributed by atoms with Crippen molar-refractivity contribution in [1.82, 2.24) is 10.2 Å². The average molecular weight is 228 g/mol. The molecular weight excluding hydrogens is 200 g/mol. The quantitative estimate of drug-likeness (QED) is 0.695. The van der Waals surface area contributed by atoms with Gasteiger partial charge in [0.1, 0.15) is 0 Å². The zero-order valence-corrected chi connectivity index (χ0v) is 11.5. The van der Waals surface area contributed by atoms with E-state index in [1.165, 1.54) is 12.8 Å². The molecule has 1 fully saturated rings. The van der Waals surface area contributed by atoms with Crippen LogP contribution in [0.2, 0.25) is 0 Å². The van der Waals surface area contributed by atoms with Crippen LogP contribution in [0.5, 0.6) is 0 Å². The number of nitrogens with one attached hydrogen (secondary N) is 1. The highest BCUT2D eigenvalue weighted by atomic mass is 16.3. The topological polar surface area (TPSA) is 35.5 Å². The smallest absolute Gasteiger partial charge is 0.0611 e. The van der Waals surface area contributed by atoms with Crippen LogP contribution in [0.25, 0.3) is 0 Å². The van der Waals surface area contributed by atoms with Crippen LogP contribution in [0.4, 0.5) is 0 Å². The average Bonchev–Trinajstić information content (AvgIpc) is 2.98. The Morgan fingerprint density at radius 1 is 1.38 bits per heavy atom. The molecular formula is C13H28N2O. The van der Waals surface area contributed by atoms with Crippen LogP contribution in [0.1, 0.15) is 47.0 Å². The van der Waals surface area contributed by atoms with E-state index in [-0.39, 0.29) is 12.1 Å². The summed E-state index contributed by atoms with van der Waals surface area (Å²) in [6.45, 7) is 8.83. The maximum atomic E-state index is 9.54. The van der Waals surface area contributed by atoms with Crippen LogP contribution in [-0.4, -0.2) is 47.3 Å². The van der Waals surface area contributed by atoms with Crippen LogP contribution in [0.3, 0.4) is 0 Å². The van der Waals surface area contributed by atoms with Crippen molar-refractivity contribution in [2.45, 2.75) is 70.6 Å². The van der Waals surface area contributed by atoms with Gasteiger partial charge in [0.05, 0.1) is 6.61 Å². The summed E-state index contributed by atoms with van der Waals surface area (Å²) in [6.07, 6.45) is 3.68. The highest BCUT2D eigenvalue weighted by Gasteiger charge is 2.33. The van der Waals surface area contributed by atoms with Crippen molar-refractivity contribution in [1.29, 1.82) is 0 Å². The summed E-state index contributed by atoms with van der Waals surface area (Å²) in [5.41, 5.74) is -0.156. The molecule has 0 aromatic heterocycles. The molecule has 96 valence electrons. The molecule has 1 aliphatic carbocycles. The van der Waals surface area contributed by atoms with Gasteiger partial charge in [-0.1, -0.05) is 13.8 Å². The van der Waals surface area contributed by atoms with E-state index in [9.17, 15) is 5.11 Å². The normalized spacial score (nSPS) is 22.5. The van der Waals surface area contributed by atoms with Crippen molar-refractivity contribution in [2.75, 3.05) is 13.7 Å². The van der Waals surface area contributed by atoms with Gasteiger partial charge in [-0.2, -0.15) is 0 Å². The third-order valence-electron chi connectivity index (χ3n) is 3.55. The van der Waals surface area contributed by atoms with Crippen molar-refractivity contribution in [2.24, 2.45) is 0 Å². The number of hydrogen-bond acceptors (Lipinski definition) is 3. The van der Waals surface area contributed by atoms with Gasteiger partial charge in [-0.05, 0) is 40.2 Å². The fourth-order valence-corrected chi connectivity index (χ4v) is 2.50. The Morgan fingerprint density at radius 2 is 1.94 bits per heavy atom. The number of rotatable bonds is 7. The lowest BCUT2D eigenvalue weighted by molar-refractivity contribution is 0.117. The van der Waals surface area contributed by atoms with E-state index < -0.39 is 0 Å². The van der Waals surface area contributed by atoms with Crippen LogP contribution in [0.15, 0.2) is 0 Å². The van der Waals surface area contributed by atoms with Crippen molar-refractivity contribution in [3.63, 3.8) is 0 Å². The zero-order valence-electron chi connectivity index (χ0n) is 11.5. The minimum atomic E-state index is -0.156. The van der Waals surface area contributed by atoms with E-state index in [1.807, 2.05) is 0 Å². The SMILES string of the molecule is CC(C)NC(C)(CO)CC(C)N(C)C1CC1. The minimum Gasteiger partial charge on any atom is -0.394 e. The molecule has 16 heavy (non-hydrogen) atoms. The molecule has 0 amide bonds. The third kappa shape index (κ3) is 4.04. The Morgan fingerprint density at radius 3 is 2.31 bits per heavy atom. The molecule has 1 saturated carbocycles. The minimum absolute atomic E-state index is 0.156. The van der Waals surface area contributed by atoms with Gasteiger partial charge in [0.25, 0.3) is 0 Å². The first-order valence-electron chi connectivity index (χ1n) is 6.48. The van der Waals surface area contributed by atoms with Crippen molar-refractivity contribution >= 4 is 0 Å². The van der Waals surface area contributed by atoms with E-state index in [4.69, 9.17) is 0 Å². The molecule has 2 atom stereocenters. The number of nitrogens with zero attached hydrogens (tertiary/aromatic N) is 1. The van der Waals surface area contributed by atoms with Gasteiger partial charge in [-0.15, -0.1) is 0 Å². The Hall–Kier alpha value is -0.120. The molecule has 0 spiro atoms. The standard InChI is InChI=1S/C13H28N2O/c1-10(2)14-13(4,9-16)8-11(3)15(5)12-6-7-12/h10-12,14,16H,6-9H2,1-5H3. The molecule has 0 radical (unpaired) electrons. The Bertz CT molecular complexity index is 216. The summed E-state index contributed by atoms with van der Waals surface area (Å²) >= 11 is 0. The number of aliphatic hydroxyl groups is 1. The summed E-state index contributed by atoms with van der Waals surface area (Å²) in [5, 5.41) is 13.0. The van der Waals surface area contributed by atoms with E-state index in [0.717, 1.165) is 12.5 Å². The van der Waals surface area contributed by atoms with Crippen molar-refractivity contribution in [3.8, 4) is 0 Å². The molecule has 2 N–H and O–H groups in total. The lowest BCUT2D eigenvalue weighted by Crippen LogP contribution is -2.52. The van der Waals surface area contributed by atoms with Gasteiger partial charge >= 0.3 is 0 Å².